The molecule has 5 nitrogen and oxygen atoms in total. The summed E-state index contributed by atoms with van der Waals surface area (Å²) >= 11 is 11.6. The average Bonchev–Trinajstić information content (AvgIpc) is 3.09. The summed E-state index contributed by atoms with van der Waals surface area (Å²) in [7, 11) is 0. The zero-order chi connectivity index (χ0) is 18.7. The van der Waals surface area contributed by atoms with Crippen molar-refractivity contribution in [3.8, 4) is 11.3 Å². The van der Waals surface area contributed by atoms with Gasteiger partial charge in [0.15, 0.2) is 5.78 Å². The highest BCUT2D eigenvalue weighted by atomic mass is 35.5. The SMILES string of the molecule is O=C(C=Cc1ccc(-c2ccc(Cl)c([N+](=O)[O-])c2)o1)c1ccc(Cl)cc1. The third-order valence-electron chi connectivity index (χ3n) is 3.58. The predicted molar refractivity (Wildman–Crippen MR) is 101 cm³/mol. The number of hydrogen-bond acceptors (Lipinski definition) is 4. The molecule has 3 rings (SSSR count). The molecule has 7 heteroatoms. The van der Waals surface area contributed by atoms with Gasteiger partial charge in [-0.05, 0) is 60.7 Å². The first-order chi connectivity index (χ1) is 12.4. The van der Waals surface area contributed by atoms with E-state index in [9.17, 15) is 14.9 Å². The Balaban J connectivity index is 1.80. The molecule has 0 aliphatic rings. The Bertz CT molecular complexity index is 1010. The molecule has 3 aromatic rings. The first-order valence-electron chi connectivity index (χ1n) is 7.46. The van der Waals surface area contributed by atoms with Gasteiger partial charge in [0.1, 0.15) is 16.5 Å². The van der Waals surface area contributed by atoms with E-state index in [0.29, 0.717) is 27.7 Å². The van der Waals surface area contributed by atoms with Crippen LogP contribution in [0.2, 0.25) is 10.0 Å². The Kier molecular flexibility index (Phi) is 5.21. The number of hydrogen-bond donors (Lipinski definition) is 0. The highest BCUT2D eigenvalue weighted by molar-refractivity contribution is 6.32. The number of benzene rings is 2. The van der Waals surface area contributed by atoms with Crippen LogP contribution in [0.15, 0.2) is 65.1 Å². The minimum Gasteiger partial charge on any atom is -0.457 e. The molecule has 0 spiro atoms. The fourth-order valence-corrected chi connectivity index (χ4v) is 2.58. The lowest BCUT2D eigenvalue weighted by Gasteiger charge is -1.99. The standard InChI is InChI=1S/C19H11Cl2NO4/c20-14-4-1-12(2-5-14)18(23)9-6-15-7-10-19(26-15)13-3-8-16(21)17(11-13)22(24)25/h1-11H. The van der Waals surface area contributed by atoms with E-state index in [-0.39, 0.29) is 16.5 Å². The first kappa shape index (κ1) is 17.9. The van der Waals surface area contributed by atoms with Gasteiger partial charge in [0, 0.05) is 22.2 Å². The Morgan fingerprint density at radius 2 is 1.77 bits per heavy atom. The maximum Gasteiger partial charge on any atom is 0.288 e. The largest absolute Gasteiger partial charge is 0.457 e. The topological polar surface area (TPSA) is 73.3 Å². The lowest BCUT2D eigenvalue weighted by molar-refractivity contribution is -0.384. The summed E-state index contributed by atoms with van der Waals surface area (Å²) in [5, 5.41) is 11.6. The normalized spacial score (nSPS) is 11.0. The van der Waals surface area contributed by atoms with Crippen LogP contribution in [-0.4, -0.2) is 10.7 Å². The third kappa shape index (κ3) is 4.02. The van der Waals surface area contributed by atoms with Crippen LogP contribution in [0, 0.1) is 10.1 Å². The van der Waals surface area contributed by atoms with E-state index < -0.39 is 4.92 Å². The van der Waals surface area contributed by atoms with Crippen molar-refractivity contribution in [2.24, 2.45) is 0 Å². The predicted octanol–water partition coefficient (Wildman–Crippen LogP) is 6.06. The summed E-state index contributed by atoms with van der Waals surface area (Å²) in [6.07, 6.45) is 2.92. The van der Waals surface area contributed by atoms with Crippen LogP contribution in [0.4, 0.5) is 5.69 Å². The van der Waals surface area contributed by atoms with E-state index in [4.69, 9.17) is 27.6 Å². The summed E-state index contributed by atoms with van der Waals surface area (Å²) in [4.78, 5) is 22.5. The van der Waals surface area contributed by atoms with Gasteiger partial charge in [0.25, 0.3) is 5.69 Å². The first-order valence-corrected chi connectivity index (χ1v) is 8.22. The molecule has 1 aromatic heterocycles. The lowest BCUT2D eigenvalue weighted by Crippen LogP contribution is -1.92. The van der Waals surface area contributed by atoms with Crippen LogP contribution in [0.25, 0.3) is 17.4 Å². The number of rotatable bonds is 5. The van der Waals surface area contributed by atoms with Crippen LogP contribution < -0.4 is 0 Å². The van der Waals surface area contributed by atoms with E-state index in [1.807, 2.05) is 0 Å². The van der Waals surface area contributed by atoms with Crippen LogP contribution in [0.5, 0.6) is 0 Å². The van der Waals surface area contributed by atoms with Crippen molar-refractivity contribution in [2.45, 2.75) is 0 Å². The molecule has 26 heavy (non-hydrogen) atoms. The van der Waals surface area contributed by atoms with Crippen molar-refractivity contribution in [2.75, 3.05) is 0 Å². The van der Waals surface area contributed by atoms with E-state index >= 15 is 0 Å². The zero-order valence-electron chi connectivity index (χ0n) is 13.2. The molecule has 2 aromatic carbocycles. The minimum absolute atomic E-state index is 0.0546. The number of carbonyl (C=O) groups is 1. The van der Waals surface area contributed by atoms with Gasteiger partial charge in [-0.3, -0.25) is 14.9 Å². The van der Waals surface area contributed by atoms with Crippen molar-refractivity contribution in [1.29, 1.82) is 0 Å². The summed E-state index contributed by atoms with van der Waals surface area (Å²) in [6.45, 7) is 0. The fourth-order valence-electron chi connectivity index (χ4n) is 2.27. The van der Waals surface area contributed by atoms with Gasteiger partial charge in [-0.15, -0.1) is 0 Å². The lowest BCUT2D eigenvalue weighted by atomic mass is 10.1. The van der Waals surface area contributed by atoms with E-state index in [0.717, 1.165) is 0 Å². The molecule has 0 radical (unpaired) electrons. The fraction of sp³-hybridized carbons (Fsp3) is 0. The maximum absolute atomic E-state index is 12.1. The summed E-state index contributed by atoms with van der Waals surface area (Å²) in [5.41, 5.74) is 0.825. The molecule has 0 N–H and O–H groups in total. The van der Waals surface area contributed by atoms with E-state index in [1.165, 1.54) is 24.3 Å². The molecule has 0 fully saturated rings. The van der Waals surface area contributed by atoms with Gasteiger partial charge in [-0.25, -0.2) is 0 Å². The van der Waals surface area contributed by atoms with Gasteiger partial charge in [0.2, 0.25) is 0 Å². The van der Waals surface area contributed by atoms with Crippen molar-refractivity contribution in [3.63, 3.8) is 0 Å². The number of furan rings is 1. The quantitative estimate of drug-likeness (QED) is 0.231. The number of nitrogens with zero attached hydrogens (tertiary/aromatic N) is 1. The van der Waals surface area contributed by atoms with Crippen molar-refractivity contribution in [3.05, 3.63) is 92.2 Å². The molecular weight excluding hydrogens is 377 g/mol. The third-order valence-corrected chi connectivity index (χ3v) is 4.15. The van der Waals surface area contributed by atoms with Crippen LogP contribution in [0.1, 0.15) is 16.1 Å². The smallest absolute Gasteiger partial charge is 0.288 e. The maximum atomic E-state index is 12.1. The molecule has 1 heterocycles. The van der Waals surface area contributed by atoms with Crippen LogP contribution in [0.3, 0.4) is 0 Å². The number of halogens is 2. The molecule has 0 bridgehead atoms. The van der Waals surface area contributed by atoms with Crippen molar-refractivity contribution < 1.29 is 14.1 Å². The van der Waals surface area contributed by atoms with Crippen molar-refractivity contribution >= 4 is 40.7 Å². The molecule has 0 saturated carbocycles. The monoisotopic (exact) mass is 387 g/mol. The second-order valence-corrected chi connectivity index (χ2v) is 6.17. The Hall–Kier alpha value is -2.89. The van der Waals surface area contributed by atoms with E-state index in [1.54, 1.807) is 42.5 Å². The number of nitro benzene ring substituents is 1. The molecule has 0 unspecified atom stereocenters. The van der Waals surface area contributed by atoms with Gasteiger partial charge in [-0.2, -0.15) is 0 Å². The average molecular weight is 388 g/mol. The Labute approximate surface area is 158 Å². The van der Waals surface area contributed by atoms with Crippen LogP contribution >= 0.6 is 23.2 Å². The number of ketones is 1. The van der Waals surface area contributed by atoms with Gasteiger partial charge in [-0.1, -0.05) is 23.2 Å². The summed E-state index contributed by atoms with van der Waals surface area (Å²) < 4.78 is 5.62. The van der Waals surface area contributed by atoms with Gasteiger partial charge >= 0.3 is 0 Å². The highest BCUT2D eigenvalue weighted by Gasteiger charge is 2.15. The van der Waals surface area contributed by atoms with E-state index in [2.05, 4.69) is 0 Å². The summed E-state index contributed by atoms with van der Waals surface area (Å²) in [6, 6.07) is 14.3. The summed E-state index contributed by atoms with van der Waals surface area (Å²) in [5.74, 6) is 0.685. The second-order valence-electron chi connectivity index (χ2n) is 5.33. The molecule has 0 saturated heterocycles. The molecule has 0 atom stereocenters. The van der Waals surface area contributed by atoms with Crippen molar-refractivity contribution in [1.82, 2.24) is 0 Å². The minimum atomic E-state index is -0.555. The number of nitro groups is 1. The Morgan fingerprint density at radius 3 is 2.46 bits per heavy atom. The van der Waals surface area contributed by atoms with Gasteiger partial charge < -0.3 is 4.42 Å². The van der Waals surface area contributed by atoms with Gasteiger partial charge in [0.05, 0.1) is 4.92 Å². The Morgan fingerprint density at radius 1 is 1.04 bits per heavy atom. The highest BCUT2D eigenvalue weighted by Crippen LogP contribution is 2.31. The second kappa shape index (κ2) is 7.56. The zero-order valence-corrected chi connectivity index (χ0v) is 14.7. The number of allylic oxidation sites excluding steroid dienone is 1. The molecule has 0 aliphatic heterocycles. The molecule has 0 amide bonds. The molecule has 130 valence electrons. The van der Waals surface area contributed by atoms with Crippen LogP contribution in [-0.2, 0) is 0 Å². The molecular formula is C19H11Cl2NO4. The number of carbonyl (C=O) groups excluding carboxylic acids is 1. The molecule has 0 aliphatic carbocycles.